The van der Waals surface area contributed by atoms with E-state index in [1.807, 2.05) is 0 Å². The van der Waals surface area contributed by atoms with Gasteiger partial charge in [0.2, 0.25) is 5.91 Å². The second-order valence-electron chi connectivity index (χ2n) is 7.11. The molecular formula is C15H30N2O. The molecule has 0 heterocycles. The third-order valence-corrected chi connectivity index (χ3v) is 3.55. The third kappa shape index (κ3) is 6.39. The van der Waals surface area contributed by atoms with Crippen molar-refractivity contribution in [3.05, 3.63) is 0 Å². The molecule has 0 saturated heterocycles. The Morgan fingerprint density at radius 1 is 1.11 bits per heavy atom. The Labute approximate surface area is 112 Å². The molecule has 3 heteroatoms. The van der Waals surface area contributed by atoms with Crippen LogP contribution >= 0.6 is 0 Å². The van der Waals surface area contributed by atoms with Crippen LogP contribution in [0.4, 0.5) is 0 Å². The van der Waals surface area contributed by atoms with Gasteiger partial charge in [-0.3, -0.25) is 4.79 Å². The van der Waals surface area contributed by atoms with E-state index in [9.17, 15) is 4.79 Å². The predicted octanol–water partition coefficient (Wildman–Crippen LogP) is 2.71. The molecule has 0 aliphatic heterocycles. The van der Waals surface area contributed by atoms with Crippen LogP contribution in [0.5, 0.6) is 0 Å². The smallest absolute Gasteiger partial charge is 0.221 e. The number of hydrogen-bond donors (Lipinski definition) is 2. The summed E-state index contributed by atoms with van der Waals surface area (Å²) >= 11 is 0. The summed E-state index contributed by atoms with van der Waals surface area (Å²) in [5.41, 5.74) is 0.0914. The van der Waals surface area contributed by atoms with Crippen molar-refractivity contribution in [2.24, 2.45) is 11.8 Å². The number of carbonyl (C=O) groups is 1. The van der Waals surface area contributed by atoms with Crippen LogP contribution in [0.15, 0.2) is 0 Å². The van der Waals surface area contributed by atoms with E-state index in [1.165, 1.54) is 6.42 Å². The fraction of sp³-hybridized carbons (Fsp3) is 0.933. The molecule has 18 heavy (non-hydrogen) atoms. The number of hydrogen-bond acceptors (Lipinski definition) is 2. The van der Waals surface area contributed by atoms with Gasteiger partial charge in [0, 0.05) is 24.5 Å². The number of carbonyl (C=O) groups excluding carboxylic acids is 1. The highest BCUT2D eigenvalue weighted by molar-refractivity contribution is 5.76. The van der Waals surface area contributed by atoms with Crippen molar-refractivity contribution in [1.29, 1.82) is 0 Å². The molecule has 1 fully saturated rings. The molecule has 1 rings (SSSR count). The van der Waals surface area contributed by atoms with Crippen LogP contribution in [0.3, 0.4) is 0 Å². The van der Waals surface area contributed by atoms with Crippen molar-refractivity contribution in [1.82, 2.24) is 10.6 Å². The van der Waals surface area contributed by atoms with E-state index >= 15 is 0 Å². The van der Waals surface area contributed by atoms with Gasteiger partial charge in [-0.1, -0.05) is 13.8 Å². The SMILES string of the molecule is CC1CC(C)CC(NC(=O)CCNC(C)(C)C)C1. The van der Waals surface area contributed by atoms with E-state index in [0.717, 1.165) is 31.2 Å². The first-order valence-electron chi connectivity index (χ1n) is 7.30. The molecule has 1 aliphatic rings. The van der Waals surface area contributed by atoms with E-state index in [1.54, 1.807) is 0 Å². The van der Waals surface area contributed by atoms with E-state index in [2.05, 4.69) is 45.3 Å². The quantitative estimate of drug-likeness (QED) is 0.810. The molecule has 0 aromatic rings. The minimum absolute atomic E-state index is 0.0914. The highest BCUT2D eigenvalue weighted by Crippen LogP contribution is 2.28. The highest BCUT2D eigenvalue weighted by Gasteiger charge is 2.24. The summed E-state index contributed by atoms with van der Waals surface area (Å²) in [5, 5.41) is 6.53. The standard InChI is InChI=1S/C15H30N2O/c1-11-8-12(2)10-13(9-11)17-14(18)6-7-16-15(3,4)5/h11-13,16H,6-10H2,1-5H3,(H,17,18). The van der Waals surface area contributed by atoms with Gasteiger partial charge in [0.05, 0.1) is 0 Å². The maximum absolute atomic E-state index is 11.9. The van der Waals surface area contributed by atoms with Crippen LogP contribution in [0.1, 0.15) is 60.3 Å². The number of nitrogens with one attached hydrogen (secondary N) is 2. The van der Waals surface area contributed by atoms with Crippen molar-refractivity contribution in [3.8, 4) is 0 Å². The average Bonchev–Trinajstić information content (AvgIpc) is 2.12. The van der Waals surface area contributed by atoms with Crippen molar-refractivity contribution < 1.29 is 4.79 Å². The first kappa shape index (κ1) is 15.5. The molecule has 3 nitrogen and oxygen atoms in total. The van der Waals surface area contributed by atoms with E-state index in [4.69, 9.17) is 0 Å². The topological polar surface area (TPSA) is 41.1 Å². The molecule has 0 aromatic heterocycles. The van der Waals surface area contributed by atoms with Crippen molar-refractivity contribution >= 4 is 5.91 Å². The first-order chi connectivity index (χ1) is 8.26. The maximum atomic E-state index is 11.9. The molecule has 1 amide bonds. The van der Waals surface area contributed by atoms with Crippen molar-refractivity contribution in [2.45, 2.75) is 71.9 Å². The normalized spacial score (nSPS) is 29.1. The minimum Gasteiger partial charge on any atom is -0.353 e. The Bertz CT molecular complexity index is 260. The maximum Gasteiger partial charge on any atom is 0.221 e. The summed E-state index contributed by atoms with van der Waals surface area (Å²) in [6.45, 7) is 11.7. The van der Waals surface area contributed by atoms with Gasteiger partial charge in [0.1, 0.15) is 0 Å². The van der Waals surface area contributed by atoms with Crippen LogP contribution in [0.2, 0.25) is 0 Å². The van der Waals surface area contributed by atoms with Crippen LogP contribution in [-0.4, -0.2) is 24.0 Å². The number of rotatable bonds is 4. The molecule has 0 radical (unpaired) electrons. The van der Waals surface area contributed by atoms with Gasteiger partial charge in [-0.25, -0.2) is 0 Å². The lowest BCUT2D eigenvalue weighted by Gasteiger charge is -2.32. The van der Waals surface area contributed by atoms with E-state index in [0.29, 0.717) is 12.5 Å². The van der Waals surface area contributed by atoms with Crippen LogP contribution < -0.4 is 10.6 Å². The largest absolute Gasteiger partial charge is 0.353 e. The summed E-state index contributed by atoms with van der Waals surface area (Å²) in [4.78, 5) is 11.9. The molecule has 2 atom stereocenters. The molecule has 2 unspecified atom stereocenters. The Balaban J connectivity index is 2.23. The molecule has 2 N–H and O–H groups in total. The van der Waals surface area contributed by atoms with E-state index in [-0.39, 0.29) is 11.4 Å². The zero-order valence-electron chi connectivity index (χ0n) is 12.7. The van der Waals surface area contributed by atoms with E-state index < -0.39 is 0 Å². The minimum atomic E-state index is 0.0914. The first-order valence-corrected chi connectivity index (χ1v) is 7.30. The second kappa shape index (κ2) is 6.55. The lowest BCUT2D eigenvalue weighted by Crippen LogP contribution is -2.42. The van der Waals surface area contributed by atoms with Gasteiger partial charge < -0.3 is 10.6 Å². The summed E-state index contributed by atoms with van der Waals surface area (Å²) in [6, 6.07) is 0.394. The van der Waals surface area contributed by atoms with Gasteiger partial charge >= 0.3 is 0 Å². The fourth-order valence-electron chi connectivity index (χ4n) is 2.92. The highest BCUT2D eigenvalue weighted by atomic mass is 16.1. The lowest BCUT2D eigenvalue weighted by atomic mass is 9.80. The fourth-order valence-corrected chi connectivity index (χ4v) is 2.92. The Hall–Kier alpha value is -0.570. The number of amides is 1. The predicted molar refractivity (Wildman–Crippen MR) is 76.5 cm³/mol. The summed E-state index contributed by atoms with van der Waals surface area (Å²) in [6.07, 6.45) is 4.17. The second-order valence-corrected chi connectivity index (χ2v) is 7.11. The van der Waals surface area contributed by atoms with Gasteiger partial charge in [0.15, 0.2) is 0 Å². The Kier molecular flexibility index (Phi) is 5.64. The average molecular weight is 254 g/mol. The molecule has 0 bridgehead atoms. The Morgan fingerprint density at radius 3 is 2.17 bits per heavy atom. The zero-order chi connectivity index (χ0) is 13.8. The molecular weight excluding hydrogens is 224 g/mol. The van der Waals surface area contributed by atoms with Crippen LogP contribution in [0.25, 0.3) is 0 Å². The van der Waals surface area contributed by atoms with Crippen LogP contribution in [0, 0.1) is 11.8 Å². The Morgan fingerprint density at radius 2 is 1.67 bits per heavy atom. The van der Waals surface area contributed by atoms with Gasteiger partial charge in [-0.2, -0.15) is 0 Å². The molecule has 0 aromatic carbocycles. The van der Waals surface area contributed by atoms with Crippen LogP contribution in [-0.2, 0) is 4.79 Å². The summed E-state index contributed by atoms with van der Waals surface area (Å²) in [5.74, 6) is 1.68. The zero-order valence-corrected chi connectivity index (χ0v) is 12.7. The molecule has 0 spiro atoms. The van der Waals surface area contributed by atoms with Crippen molar-refractivity contribution in [2.75, 3.05) is 6.54 Å². The van der Waals surface area contributed by atoms with Gasteiger partial charge in [-0.05, 0) is 51.9 Å². The monoisotopic (exact) mass is 254 g/mol. The molecule has 1 saturated carbocycles. The van der Waals surface area contributed by atoms with Crippen molar-refractivity contribution in [3.63, 3.8) is 0 Å². The molecule has 106 valence electrons. The van der Waals surface area contributed by atoms with Gasteiger partial charge in [-0.15, -0.1) is 0 Å². The summed E-state index contributed by atoms with van der Waals surface area (Å²) in [7, 11) is 0. The lowest BCUT2D eigenvalue weighted by molar-refractivity contribution is -0.122. The summed E-state index contributed by atoms with van der Waals surface area (Å²) < 4.78 is 0. The third-order valence-electron chi connectivity index (χ3n) is 3.55. The molecule has 1 aliphatic carbocycles. The van der Waals surface area contributed by atoms with Gasteiger partial charge in [0.25, 0.3) is 0 Å².